The van der Waals surface area contributed by atoms with Gasteiger partial charge in [-0.3, -0.25) is 4.99 Å². The number of guanidine groups is 1. The van der Waals surface area contributed by atoms with Gasteiger partial charge < -0.3 is 10.6 Å². The fourth-order valence-electron chi connectivity index (χ4n) is 2.29. The molecule has 0 amide bonds. The van der Waals surface area contributed by atoms with Crippen LogP contribution < -0.4 is 10.6 Å². The zero-order chi connectivity index (χ0) is 12.5. The van der Waals surface area contributed by atoms with Gasteiger partial charge in [-0.05, 0) is 36.1 Å². The molecule has 0 saturated carbocycles. The molecule has 2 heterocycles. The molecule has 0 saturated heterocycles. The summed E-state index contributed by atoms with van der Waals surface area (Å²) in [5, 5.41) is 2.10. The molecule has 2 N–H and O–H groups in total. The highest BCUT2D eigenvalue weighted by molar-refractivity contribution is 7.10. The van der Waals surface area contributed by atoms with Crippen LogP contribution in [-0.4, -0.2) is 12.5 Å². The summed E-state index contributed by atoms with van der Waals surface area (Å²) in [5.74, 6) is 0.610. The van der Waals surface area contributed by atoms with Gasteiger partial charge in [0.2, 0.25) is 0 Å². The van der Waals surface area contributed by atoms with Crippen LogP contribution in [-0.2, 0) is 0 Å². The van der Waals surface area contributed by atoms with Crippen LogP contribution in [0, 0.1) is 6.92 Å². The first-order valence-corrected chi connectivity index (χ1v) is 6.83. The number of nitrogens with two attached hydrogens (primary N) is 1. The number of aryl methyl sites for hydroxylation is 1. The lowest BCUT2D eigenvalue weighted by Crippen LogP contribution is -2.35. The molecule has 1 atom stereocenters. The number of hydrogen-bond donors (Lipinski definition) is 1. The summed E-state index contributed by atoms with van der Waals surface area (Å²) in [6.45, 7) is 2.83. The number of thiophene rings is 1. The van der Waals surface area contributed by atoms with E-state index in [1.807, 2.05) is 0 Å². The topological polar surface area (TPSA) is 41.6 Å². The summed E-state index contributed by atoms with van der Waals surface area (Å²) in [4.78, 5) is 7.82. The quantitative estimate of drug-likeness (QED) is 0.898. The Morgan fingerprint density at radius 3 is 2.94 bits per heavy atom. The highest BCUT2D eigenvalue weighted by Gasteiger charge is 2.29. The lowest BCUT2D eigenvalue weighted by Gasteiger charge is -2.25. The average Bonchev–Trinajstić information content (AvgIpc) is 2.97. The fraction of sp³-hybridized carbons (Fsp3) is 0.214. The lowest BCUT2D eigenvalue weighted by atomic mass is 10.1. The fourth-order valence-corrected chi connectivity index (χ4v) is 3.09. The van der Waals surface area contributed by atoms with E-state index in [2.05, 4.69) is 58.6 Å². The molecule has 0 fully saturated rings. The van der Waals surface area contributed by atoms with Gasteiger partial charge in [-0.1, -0.05) is 18.2 Å². The third-order valence-electron chi connectivity index (χ3n) is 3.14. The molecule has 0 bridgehead atoms. The van der Waals surface area contributed by atoms with E-state index in [9.17, 15) is 0 Å². The molecule has 1 aliphatic heterocycles. The second kappa shape index (κ2) is 4.46. The van der Waals surface area contributed by atoms with E-state index < -0.39 is 0 Å². The van der Waals surface area contributed by atoms with Crippen molar-refractivity contribution in [2.45, 2.75) is 13.0 Å². The van der Waals surface area contributed by atoms with E-state index in [1.165, 1.54) is 10.4 Å². The van der Waals surface area contributed by atoms with Gasteiger partial charge >= 0.3 is 0 Å². The number of hydrogen-bond acceptors (Lipinski definition) is 4. The Bertz CT molecular complexity index is 574. The summed E-state index contributed by atoms with van der Waals surface area (Å²) in [5.41, 5.74) is 8.39. The molecule has 0 aliphatic carbocycles. The van der Waals surface area contributed by atoms with Crippen LogP contribution in [0.3, 0.4) is 0 Å². The van der Waals surface area contributed by atoms with Crippen molar-refractivity contribution in [1.29, 1.82) is 0 Å². The van der Waals surface area contributed by atoms with E-state index in [0.29, 0.717) is 5.96 Å². The van der Waals surface area contributed by atoms with Crippen molar-refractivity contribution < 1.29 is 0 Å². The molecule has 3 rings (SSSR count). The van der Waals surface area contributed by atoms with Crippen molar-refractivity contribution in [3.05, 3.63) is 52.2 Å². The SMILES string of the molecule is Cc1cccc(N2C(N)=NCC2c2cccs2)c1. The Kier molecular flexibility index (Phi) is 2.80. The molecule has 1 aliphatic rings. The summed E-state index contributed by atoms with van der Waals surface area (Å²) in [6.07, 6.45) is 0. The molecule has 1 unspecified atom stereocenters. The zero-order valence-corrected chi connectivity index (χ0v) is 11.0. The Balaban J connectivity index is 1.99. The number of aliphatic imine (C=N–C) groups is 1. The standard InChI is InChI=1S/C14H15N3S/c1-10-4-2-5-11(8-10)17-12(9-16-14(17)15)13-6-3-7-18-13/h2-8,12H,9H2,1H3,(H2,15,16). The van der Waals surface area contributed by atoms with Gasteiger partial charge in [0.05, 0.1) is 12.6 Å². The molecule has 92 valence electrons. The van der Waals surface area contributed by atoms with Crippen molar-refractivity contribution in [3.8, 4) is 0 Å². The summed E-state index contributed by atoms with van der Waals surface area (Å²) >= 11 is 1.75. The Labute approximate surface area is 111 Å². The molecule has 1 aromatic carbocycles. The largest absolute Gasteiger partial charge is 0.369 e. The van der Waals surface area contributed by atoms with Gasteiger partial charge in [0, 0.05) is 10.6 Å². The normalized spacial score (nSPS) is 19.1. The smallest absolute Gasteiger partial charge is 0.196 e. The predicted molar refractivity (Wildman–Crippen MR) is 77.2 cm³/mol. The summed E-state index contributed by atoms with van der Waals surface area (Å²) in [6, 6.07) is 12.8. The first-order valence-electron chi connectivity index (χ1n) is 5.95. The van der Waals surface area contributed by atoms with Gasteiger partial charge in [0.15, 0.2) is 5.96 Å². The van der Waals surface area contributed by atoms with Gasteiger partial charge in [-0.15, -0.1) is 11.3 Å². The van der Waals surface area contributed by atoms with E-state index >= 15 is 0 Å². The highest BCUT2D eigenvalue weighted by atomic mass is 32.1. The van der Waals surface area contributed by atoms with Crippen LogP contribution in [0.2, 0.25) is 0 Å². The minimum absolute atomic E-state index is 0.242. The second-order valence-corrected chi connectivity index (χ2v) is 5.42. The third kappa shape index (κ3) is 1.88. The molecule has 3 nitrogen and oxygen atoms in total. The molecule has 2 aromatic rings. The third-order valence-corrected chi connectivity index (χ3v) is 4.11. The maximum atomic E-state index is 6.04. The van der Waals surface area contributed by atoms with Crippen LogP contribution in [0.5, 0.6) is 0 Å². The average molecular weight is 257 g/mol. The number of rotatable bonds is 2. The molecule has 1 aromatic heterocycles. The van der Waals surface area contributed by atoms with Crippen LogP contribution in [0.1, 0.15) is 16.5 Å². The Morgan fingerprint density at radius 1 is 1.33 bits per heavy atom. The molecule has 18 heavy (non-hydrogen) atoms. The van der Waals surface area contributed by atoms with Crippen molar-refractivity contribution in [1.82, 2.24) is 0 Å². The summed E-state index contributed by atoms with van der Waals surface area (Å²) < 4.78 is 0. The maximum absolute atomic E-state index is 6.04. The molecule has 0 radical (unpaired) electrons. The maximum Gasteiger partial charge on any atom is 0.196 e. The molecule has 4 heteroatoms. The van der Waals surface area contributed by atoms with Gasteiger partial charge in [-0.25, -0.2) is 0 Å². The minimum Gasteiger partial charge on any atom is -0.369 e. The van der Waals surface area contributed by atoms with E-state index in [1.54, 1.807) is 11.3 Å². The number of nitrogens with zero attached hydrogens (tertiary/aromatic N) is 2. The van der Waals surface area contributed by atoms with Crippen LogP contribution in [0.25, 0.3) is 0 Å². The van der Waals surface area contributed by atoms with Gasteiger partial charge in [0.25, 0.3) is 0 Å². The zero-order valence-electron chi connectivity index (χ0n) is 10.2. The number of anilines is 1. The Morgan fingerprint density at radius 2 is 2.22 bits per heavy atom. The first kappa shape index (κ1) is 11.3. The monoisotopic (exact) mass is 257 g/mol. The lowest BCUT2D eigenvalue weighted by molar-refractivity contribution is 0.784. The Hall–Kier alpha value is -1.81. The van der Waals surface area contributed by atoms with Crippen molar-refractivity contribution in [3.63, 3.8) is 0 Å². The van der Waals surface area contributed by atoms with E-state index in [4.69, 9.17) is 5.73 Å². The number of benzene rings is 1. The van der Waals surface area contributed by atoms with Gasteiger partial charge in [0.1, 0.15) is 0 Å². The summed E-state index contributed by atoms with van der Waals surface area (Å²) in [7, 11) is 0. The van der Waals surface area contributed by atoms with Crippen LogP contribution in [0.15, 0.2) is 46.8 Å². The molecular formula is C14H15N3S. The van der Waals surface area contributed by atoms with Crippen LogP contribution in [0.4, 0.5) is 5.69 Å². The molecule has 0 spiro atoms. The predicted octanol–water partition coefficient (Wildman–Crippen LogP) is 2.93. The van der Waals surface area contributed by atoms with Crippen molar-refractivity contribution >= 4 is 23.0 Å². The first-order chi connectivity index (χ1) is 8.75. The van der Waals surface area contributed by atoms with Crippen molar-refractivity contribution in [2.24, 2.45) is 10.7 Å². The molecular weight excluding hydrogens is 242 g/mol. The van der Waals surface area contributed by atoms with Crippen LogP contribution >= 0.6 is 11.3 Å². The van der Waals surface area contributed by atoms with Gasteiger partial charge in [-0.2, -0.15) is 0 Å². The second-order valence-electron chi connectivity index (χ2n) is 4.44. The van der Waals surface area contributed by atoms with E-state index in [-0.39, 0.29) is 6.04 Å². The minimum atomic E-state index is 0.242. The highest BCUT2D eigenvalue weighted by Crippen LogP contribution is 2.33. The van der Waals surface area contributed by atoms with Crippen molar-refractivity contribution in [2.75, 3.05) is 11.4 Å². The van der Waals surface area contributed by atoms with E-state index in [0.717, 1.165) is 12.2 Å².